The molecule has 1 N–H and O–H groups in total. The van der Waals surface area contributed by atoms with Crippen molar-refractivity contribution in [1.82, 2.24) is 20.2 Å². The van der Waals surface area contributed by atoms with Gasteiger partial charge in [0.05, 0.1) is 0 Å². The molecule has 1 aromatic rings. The SMILES string of the molecule is CC=C(C)n1[nH]nnc1=S. The zero-order valence-electron chi connectivity index (χ0n) is 5.83. The molecular formula is C5H8N4S. The number of hydrogen-bond acceptors (Lipinski definition) is 3. The van der Waals surface area contributed by atoms with Gasteiger partial charge >= 0.3 is 0 Å². The number of allylic oxidation sites excluding steroid dienone is 2. The van der Waals surface area contributed by atoms with Crippen LogP contribution in [0.25, 0.3) is 5.70 Å². The van der Waals surface area contributed by atoms with Crippen LogP contribution in [0.15, 0.2) is 6.08 Å². The molecule has 5 heteroatoms. The molecule has 0 atom stereocenters. The zero-order valence-corrected chi connectivity index (χ0v) is 6.64. The summed E-state index contributed by atoms with van der Waals surface area (Å²) in [5.41, 5.74) is 0.995. The first kappa shape index (κ1) is 7.14. The Morgan fingerprint density at radius 2 is 2.50 bits per heavy atom. The van der Waals surface area contributed by atoms with Crippen LogP contribution in [0.2, 0.25) is 0 Å². The van der Waals surface area contributed by atoms with Gasteiger partial charge in [-0.2, -0.15) is 5.21 Å². The number of nitrogens with one attached hydrogen (secondary N) is 1. The van der Waals surface area contributed by atoms with E-state index in [9.17, 15) is 0 Å². The number of H-pyrrole nitrogens is 1. The average molecular weight is 156 g/mol. The summed E-state index contributed by atoms with van der Waals surface area (Å²) in [5, 5.41) is 9.79. The van der Waals surface area contributed by atoms with Gasteiger partial charge in [0.2, 0.25) is 4.77 Å². The summed E-state index contributed by atoms with van der Waals surface area (Å²) in [7, 11) is 0. The molecule has 0 unspecified atom stereocenters. The topological polar surface area (TPSA) is 46.5 Å². The van der Waals surface area contributed by atoms with Gasteiger partial charge in [-0.1, -0.05) is 16.4 Å². The van der Waals surface area contributed by atoms with Crippen molar-refractivity contribution in [1.29, 1.82) is 0 Å². The number of tetrazole rings is 1. The number of nitrogens with zero attached hydrogens (tertiary/aromatic N) is 3. The molecule has 0 spiro atoms. The van der Waals surface area contributed by atoms with Crippen molar-refractivity contribution < 1.29 is 0 Å². The summed E-state index contributed by atoms with van der Waals surface area (Å²) < 4.78 is 2.09. The van der Waals surface area contributed by atoms with Gasteiger partial charge in [0.1, 0.15) is 0 Å². The van der Waals surface area contributed by atoms with E-state index in [0.29, 0.717) is 4.77 Å². The van der Waals surface area contributed by atoms with Crippen LogP contribution in [0, 0.1) is 4.77 Å². The van der Waals surface area contributed by atoms with Gasteiger partial charge in [0.25, 0.3) is 0 Å². The summed E-state index contributed by atoms with van der Waals surface area (Å²) in [6, 6.07) is 0. The summed E-state index contributed by atoms with van der Waals surface area (Å²) >= 11 is 4.85. The molecule has 1 aromatic heterocycles. The Bertz CT molecular complexity index is 295. The molecule has 0 fully saturated rings. The van der Waals surface area contributed by atoms with Gasteiger partial charge in [0.15, 0.2) is 0 Å². The molecule has 0 saturated carbocycles. The molecule has 1 rings (SSSR count). The molecule has 0 aliphatic carbocycles. The van der Waals surface area contributed by atoms with Crippen molar-refractivity contribution in [2.45, 2.75) is 13.8 Å². The fourth-order valence-corrected chi connectivity index (χ4v) is 0.782. The molecule has 1 heterocycles. The highest BCUT2D eigenvalue weighted by atomic mass is 32.1. The van der Waals surface area contributed by atoms with Gasteiger partial charge in [-0.25, -0.2) is 4.68 Å². The lowest BCUT2D eigenvalue weighted by molar-refractivity contribution is 0.795. The van der Waals surface area contributed by atoms with Gasteiger partial charge < -0.3 is 0 Å². The smallest absolute Gasteiger partial charge is 0.214 e. The first-order valence-electron chi connectivity index (χ1n) is 2.89. The third-order valence-electron chi connectivity index (χ3n) is 1.24. The maximum absolute atomic E-state index is 4.85. The fourth-order valence-electron chi connectivity index (χ4n) is 0.556. The number of rotatable bonds is 1. The van der Waals surface area contributed by atoms with E-state index in [1.54, 1.807) is 4.68 Å². The van der Waals surface area contributed by atoms with Gasteiger partial charge in [0, 0.05) is 5.70 Å². The van der Waals surface area contributed by atoms with Crippen molar-refractivity contribution in [3.8, 4) is 0 Å². The second-order valence-corrected chi connectivity index (χ2v) is 2.21. The number of hydrogen-bond donors (Lipinski definition) is 1. The van der Waals surface area contributed by atoms with Crippen LogP contribution < -0.4 is 0 Å². The van der Waals surface area contributed by atoms with E-state index in [1.807, 2.05) is 19.9 Å². The Kier molecular flexibility index (Phi) is 1.96. The lowest BCUT2D eigenvalue weighted by atomic mass is 10.5. The zero-order chi connectivity index (χ0) is 7.56. The van der Waals surface area contributed by atoms with E-state index in [4.69, 9.17) is 12.2 Å². The van der Waals surface area contributed by atoms with Crippen molar-refractivity contribution in [3.05, 3.63) is 10.8 Å². The Hall–Kier alpha value is -0.970. The van der Waals surface area contributed by atoms with Crippen LogP contribution in [0.4, 0.5) is 0 Å². The summed E-state index contributed by atoms with van der Waals surface area (Å²) in [6.45, 7) is 3.85. The monoisotopic (exact) mass is 156 g/mol. The Balaban J connectivity index is 3.18. The molecule has 0 aromatic carbocycles. The van der Waals surface area contributed by atoms with Crippen molar-refractivity contribution in [2.24, 2.45) is 0 Å². The van der Waals surface area contributed by atoms with E-state index < -0.39 is 0 Å². The fraction of sp³-hybridized carbons (Fsp3) is 0.400. The molecule has 0 aliphatic heterocycles. The Morgan fingerprint density at radius 3 is 2.90 bits per heavy atom. The van der Waals surface area contributed by atoms with Crippen LogP contribution in [0.5, 0.6) is 0 Å². The highest BCUT2D eigenvalue weighted by molar-refractivity contribution is 7.71. The van der Waals surface area contributed by atoms with Gasteiger partial charge in [-0.15, -0.1) is 0 Å². The molecular weight excluding hydrogens is 148 g/mol. The van der Waals surface area contributed by atoms with Crippen LogP contribution in [-0.2, 0) is 0 Å². The summed E-state index contributed by atoms with van der Waals surface area (Å²) in [6.07, 6.45) is 1.93. The van der Waals surface area contributed by atoms with E-state index in [2.05, 4.69) is 15.5 Å². The molecule has 0 radical (unpaired) electrons. The summed E-state index contributed by atoms with van der Waals surface area (Å²) in [5.74, 6) is 0. The standard InChI is InChI=1S/C5H8N4S/c1-3-4(2)9-5(10)6-7-8-9/h3H,1-2H3,(H,6,8,10). The molecule has 54 valence electrons. The highest BCUT2D eigenvalue weighted by Gasteiger charge is 1.93. The first-order valence-corrected chi connectivity index (χ1v) is 3.30. The second kappa shape index (κ2) is 2.74. The Morgan fingerprint density at radius 1 is 1.80 bits per heavy atom. The van der Waals surface area contributed by atoms with E-state index in [-0.39, 0.29) is 0 Å². The van der Waals surface area contributed by atoms with E-state index in [0.717, 1.165) is 5.70 Å². The quantitative estimate of drug-likeness (QED) is 0.622. The van der Waals surface area contributed by atoms with E-state index in [1.165, 1.54) is 0 Å². The van der Waals surface area contributed by atoms with Crippen molar-refractivity contribution >= 4 is 17.9 Å². The Labute approximate surface area is 63.5 Å². The summed E-state index contributed by atoms with van der Waals surface area (Å²) in [4.78, 5) is 0. The van der Waals surface area contributed by atoms with Gasteiger partial charge in [-0.3, -0.25) is 0 Å². The minimum atomic E-state index is 0.454. The molecule has 0 amide bonds. The van der Waals surface area contributed by atoms with Crippen LogP contribution in [-0.4, -0.2) is 20.2 Å². The predicted octanol–water partition coefficient (Wildman–Crippen LogP) is 1.22. The lowest BCUT2D eigenvalue weighted by Gasteiger charge is -1.95. The minimum absolute atomic E-state index is 0.454. The number of aromatic amines is 1. The number of aromatic nitrogens is 4. The molecule has 0 bridgehead atoms. The van der Waals surface area contributed by atoms with Crippen LogP contribution in [0.1, 0.15) is 13.8 Å². The maximum Gasteiger partial charge on any atom is 0.242 e. The molecule has 4 nitrogen and oxygen atoms in total. The lowest BCUT2D eigenvalue weighted by Crippen LogP contribution is -1.95. The average Bonchev–Trinajstić information content (AvgIpc) is 2.34. The van der Waals surface area contributed by atoms with Crippen LogP contribution in [0.3, 0.4) is 0 Å². The largest absolute Gasteiger partial charge is 0.242 e. The highest BCUT2D eigenvalue weighted by Crippen LogP contribution is 1.97. The van der Waals surface area contributed by atoms with E-state index >= 15 is 0 Å². The van der Waals surface area contributed by atoms with Crippen molar-refractivity contribution in [3.63, 3.8) is 0 Å². The first-order chi connectivity index (χ1) is 4.75. The second-order valence-electron chi connectivity index (χ2n) is 1.85. The van der Waals surface area contributed by atoms with Crippen LogP contribution >= 0.6 is 12.2 Å². The minimum Gasteiger partial charge on any atom is -0.214 e. The third-order valence-corrected chi connectivity index (χ3v) is 1.51. The normalized spacial score (nSPS) is 12.0. The van der Waals surface area contributed by atoms with Crippen molar-refractivity contribution in [2.75, 3.05) is 0 Å². The van der Waals surface area contributed by atoms with Gasteiger partial charge in [-0.05, 0) is 26.1 Å². The predicted molar refractivity (Wildman–Crippen MR) is 40.8 cm³/mol. The third kappa shape index (κ3) is 1.13. The molecule has 0 saturated heterocycles. The molecule has 0 aliphatic rings. The maximum atomic E-state index is 4.85. The molecule has 10 heavy (non-hydrogen) atoms.